The van der Waals surface area contributed by atoms with Crippen molar-refractivity contribution >= 4 is 64.3 Å². The SMILES string of the molecule is CCCCCNc1nc(N)nc2ccn(Cc3ccc(CN4CCN(C(=O)OCc5ccc(CC(=O)[C@H](CCCNC(N)=O)NC(=O)[C@@H](CC(=O)CCOCCNC(=O)C(C)CC(=O)O)C(C)C)cc5)CC4)cc3C)c12. The number of carbonyl (C=O) groups excluding carboxylic acids is 6. The van der Waals surface area contributed by atoms with Crippen LogP contribution in [0.1, 0.15) is 107 Å². The monoisotopic (exact) mass is 1050 g/mol. The fraction of sp³-hybridized carbons (Fsp3) is 0.545. The highest BCUT2D eigenvalue weighted by Crippen LogP contribution is 2.26. The van der Waals surface area contributed by atoms with Crippen LogP contribution in [0.15, 0.2) is 54.7 Å². The van der Waals surface area contributed by atoms with Crippen LogP contribution in [-0.2, 0) is 59.6 Å². The predicted octanol–water partition coefficient (Wildman–Crippen LogP) is 5.34. The lowest BCUT2D eigenvalue weighted by Crippen LogP contribution is -2.48. The van der Waals surface area contributed by atoms with E-state index in [4.69, 9.17) is 26.0 Å². The number of nitrogens with one attached hydrogen (secondary N) is 4. The average molecular weight is 1050 g/mol. The zero-order chi connectivity index (χ0) is 55.1. The quantitative estimate of drug-likeness (QED) is 0.0304. The van der Waals surface area contributed by atoms with Crippen LogP contribution in [0.2, 0.25) is 0 Å². The van der Waals surface area contributed by atoms with Gasteiger partial charge in [-0.2, -0.15) is 4.98 Å². The number of piperazine rings is 1. The van der Waals surface area contributed by atoms with Crippen molar-refractivity contribution in [2.24, 2.45) is 23.5 Å². The summed E-state index contributed by atoms with van der Waals surface area (Å²) < 4.78 is 13.4. The Morgan fingerprint density at radius 2 is 1.53 bits per heavy atom. The second-order valence-corrected chi connectivity index (χ2v) is 20.0. The van der Waals surface area contributed by atoms with Gasteiger partial charge in [-0.25, -0.2) is 14.6 Å². The standard InChI is InChI=1S/C55H79N11O10/c1-6-7-8-19-58-50-49-46(62-53(56)63-50)17-22-66(49)34-42-16-15-41(29-37(42)4)33-64-23-25-65(26-24-64)55(74)76-35-40-13-11-39(12-14-40)31-47(68)45(10-9-20-60-54(57)73)61-52(72)44(36(2)3)32-43(67)18-27-75-28-21-59-51(71)38(5)30-48(69)70/h11-17,22,29,36,38,44-45H,6-10,18-21,23-28,30-35H2,1-5H3,(H,59,71)(H,61,72)(H,69,70)(H3,57,60,73)(H3,56,58,62,63)/t38?,44-,45-/m0/s1. The van der Waals surface area contributed by atoms with Gasteiger partial charge in [-0.3, -0.25) is 28.9 Å². The fourth-order valence-electron chi connectivity index (χ4n) is 8.99. The number of Topliss-reactive ketones (excluding diaryl/α,β-unsaturated/α-hetero) is 2. The largest absolute Gasteiger partial charge is 0.481 e. The van der Waals surface area contributed by atoms with Gasteiger partial charge in [0.05, 0.1) is 31.2 Å². The van der Waals surface area contributed by atoms with Crippen molar-refractivity contribution in [3.63, 3.8) is 0 Å². The molecule has 0 aliphatic carbocycles. The Morgan fingerprint density at radius 1 is 0.803 bits per heavy atom. The summed E-state index contributed by atoms with van der Waals surface area (Å²) in [7, 11) is 0. The third-order valence-electron chi connectivity index (χ3n) is 13.5. The topological polar surface area (TPSA) is 296 Å². The summed E-state index contributed by atoms with van der Waals surface area (Å²) in [5.41, 5.74) is 18.0. The maximum absolute atomic E-state index is 13.8. The van der Waals surface area contributed by atoms with Crippen molar-refractivity contribution in [3.05, 3.63) is 82.5 Å². The molecule has 1 aliphatic heterocycles. The number of hydrogen-bond acceptors (Lipinski definition) is 14. The highest BCUT2D eigenvalue weighted by molar-refractivity contribution is 5.93. The second kappa shape index (κ2) is 30.4. The third-order valence-corrected chi connectivity index (χ3v) is 13.5. The highest BCUT2D eigenvalue weighted by Gasteiger charge is 2.30. The number of ether oxygens (including phenoxy) is 2. The molecule has 2 aromatic carbocycles. The maximum atomic E-state index is 13.8. The first-order valence-electron chi connectivity index (χ1n) is 26.5. The zero-order valence-electron chi connectivity index (χ0n) is 44.9. The minimum absolute atomic E-state index is 0.000895. The van der Waals surface area contributed by atoms with Crippen LogP contribution in [0.25, 0.3) is 11.0 Å². The van der Waals surface area contributed by atoms with Gasteiger partial charge in [0, 0.05) is 96.2 Å². The molecule has 5 rings (SSSR count). The molecule has 0 saturated carbocycles. The van der Waals surface area contributed by atoms with Crippen LogP contribution < -0.4 is 32.7 Å². The molecule has 4 aromatic rings. The van der Waals surface area contributed by atoms with Crippen LogP contribution in [0, 0.1) is 24.7 Å². The van der Waals surface area contributed by atoms with Crippen LogP contribution >= 0.6 is 0 Å². The van der Waals surface area contributed by atoms with Crippen LogP contribution in [0.4, 0.5) is 21.4 Å². The third kappa shape index (κ3) is 19.5. The lowest BCUT2D eigenvalue weighted by atomic mass is 9.88. The molecule has 0 bridgehead atoms. The summed E-state index contributed by atoms with van der Waals surface area (Å²) in [5.74, 6) is -3.02. The summed E-state index contributed by atoms with van der Waals surface area (Å²) in [4.78, 5) is 101. The Labute approximate surface area is 445 Å². The molecule has 3 heterocycles. The number of rotatable bonds is 32. The number of ketones is 2. The van der Waals surface area contributed by atoms with Gasteiger partial charge in [-0.15, -0.1) is 0 Å². The number of aliphatic carboxylic acids is 1. The van der Waals surface area contributed by atoms with Crippen molar-refractivity contribution in [1.82, 2.24) is 40.3 Å². The molecule has 5 amide bonds. The molecule has 21 heteroatoms. The first-order valence-corrected chi connectivity index (χ1v) is 26.5. The number of fused-ring (bicyclic) bond motifs is 1. The second-order valence-electron chi connectivity index (χ2n) is 20.0. The van der Waals surface area contributed by atoms with E-state index in [9.17, 15) is 33.6 Å². The van der Waals surface area contributed by atoms with E-state index in [0.717, 1.165) is 54.8 Å². The Morgan fingerprint density at radius 3 is 2.21 bits per heavy atom. The number of carboxylic acid groups (broad SMARTS) is 1. The number of nitrogen functional groups attached to an aromatic ring is 1. The van der Waals surface area contributed by atoms with Gasteiger partial charge in [0.25, 0.3) is 0 Å². The molecule has 1 unspecified atom stereocenters. The van der Waals surface area contributed by atoms with E-state index in [1.54, 1.807) is 29.2 Å². The molecule has 3 atom stereocenters. The number of anilines is 2. The molecule has 0 spiro atoms. The van der Waals surface area contributed by atoms with Crippen molar-refractivity contribution < 1.29 is 48.1 Å². The molecule has 1 fully saturated rings. The van der Waals surface area contributed by atoms with Crippen LogP contribution in [0.5, 0.6) is 0 Å². The number of aryl methyl sites for hydroxylation is 1. The first kappa shape index (κ1) is 59.7. The molecule has 414 valence electrons. The predicted molar refractivity (Wildman–Crippen MR) is 289 cm³/mol. The Hall–Kier alpha value is -7.13. The molecule has 1 saturated heterocycles. The van der Waals surface area contributed by atoms with E-state index in [-0.39, 0.29) is 88.4 Å². The number of aromatic nitrogens is 3. The van der Waals surface area contributed by atoms with E-state index in [1.807, 2.05) is 26.1 Å². The van der Waals surface area contributed by atoms with E-state index < -0.39 is 47.8 Å². The normalized spacial score (nSPS) is 13.9. The lowest BCUT2D eigenvalue weighted by molar-refractivity contribution is -0.140. The summed E-state index contributed by atoms with van der Waals surface area (Å²) in [6, 6.07) is 14.1. The van der Waals surface area contributed by atoms with Gasteiger partial charge in [-0.05, 0) is 66.0 Å². The van der Waals surface area contributed by atoms with E-state index in [2.05, 4.69) is 72.7 Å². The molecule has 76 heavy (non-hydrogen) atoms. The first-order chi connectivity index (χ1) is 36.4. The van der Waals surface area contributed by atoms with Gasteiger partial charge in [0.2, 0.25) is 17.8 Å². The van der Waals surface area contributed by atoms with E-state index in [0.29, 0.717) is 44.7 Å². The van der Waals surface area contributed by atoms with Crippen molar-refractivity contribution in [2.45, 2.75) is 118 Å². The van der Waals surface area contributed by atoms with Gasteiger partial charge in [0.1, 0.15) is 17.9 Å². The molecule has 0 radical (unpaired) electrons. The number of amides is 5. The number of primary amides is 1. The molecule has 21 nitrogen and oxygen atoms in total. The molecular weight excluding hydrogens is 975 g/mol. The number of carbonyl (C=O) groups is 7. The molecule has 9 N–H and O–H groups in total. The summed E-state index contributed by atoms with van der Waals surface area (Å²) in [6.45, 7) is 14.8. The number of nitrogens with two attached hydrogens (primary N) is 2. The Kier molecular flexibility index (Phi) is 23.9. The minimum atomic E-state index is -1.07. The van der Waals surface area contributed by atoms with Gasteiger partial charge < -0.3 is 56.8 Å². The molecule has 2 aromatic heterocycles. The van der Waals surface area contributed by atoms with Crippen LogP contribution in [-0.4, -0.2) is 136 Å². The molecular formula is C55H79N11O10. The highest BCUT2D eigenvalue weighted by atomic mass is 16.6. The summed E-state index contributed by atoms with van der Waals surface area (Å²) in [5, 5.41) is 20.3. The van der Waals surface area contributed by atoms with E-state index in [1.165, 1.54) is 23.6 Å². The smallest absolute Gasteiger partial charge is 0.410 e. The number of benzene rings is 2. The minimum Gasteiger partial charge on any atom is -0.481 e. The van der Waals surface area contributed by atoms with Gasteiger partial charge in [0.15, 0.2) is 11.6 Å². The Balaban J connectivity index is 1.05. The summed E-state index contributed by atoms with van der Waals surface area (Å²) >= 11 is 0. The fourth-order valence-corrected chi connectivity index (χ4v) is 8.99. The van der Waals surface area contributed by atoms with Crippen LogP contribution in [0.3, 0.4) is 0 Å². The number of nitrogens with zero attached hydrogens (tertiary/aromatic N) is 5. The zero-order valence-corrected chi connectivity index (χ0v) is 44.9. The number of urea groups is 1. The van der Waals surface area contributed by atoms with Crippen molar-refractivity contribution in [1.29, 1.82) is 0 Å². The number of carboxylic acids is 1. The van der Waals surface area contributed by atoms with Crippen molar-refractivity contribution in [2.75, 3.05) is 70.1 Å². The van der Waals surface area contributed by atoms with E-state index >= 15 is 0 Å². The maximum Gasteiger partial charge on any atom is 0.410 e. The molecule has 1 aliphatic rings. The Bertz CT molecular complexity index is 2580. The van der Waals surface area contributed by atoms with Gasteiger partial charge >= 0.3 is 18.1 Å². The number of unbranched alkanes of at least 4 members (excludes halogenated alkanes) is 2. The van der Waals surface area contributed by atoms with Gasteiger partial charge in [-0.1, -0.05) is 83.0 Å². The average Bonchev–Trinajstić information content (AvgIpc) is 3.78. The summed E-state index contributed by atoms with van der Waals surface area (Å²) in [6.07, 6.45) is 5.22. The number of hydrogen-bond donors (Lipinski definition) is 7. The van der Waals surface area contributed by atoms with Crippen molar-refractivity contribution in [3.8, 4) is 0 Å². The lowest BCUT2D eigenvalue weighted by Gasteiger charge is -2.34.